The summed E-state index contributed by atoms with van der Waals surface area (Å²) in [4.78, 5) is 16.9. The van der Waals surface area contributed by atoms with Crippen LogP contribution in [0.5, 0.6) is 6.01 Å². The van der Waals surface area contributed by atoms with E-state index in [0.29, 0.717) is 0 Å². The van der Waals surface area contributed by atoms with Crippen molar-refractivity contribution in [3.8, 4) is 6.01 Å². The molecular weight excluding hydrogens is 150 g/mol. The van der Waals surface area contributed by atoms with Gasteiger partial charge in [0.15, 0.2) is 0 Å². The number of nitrogens with zero attached hydrogens (tertiary/aromatic N) is 2. The maximum atomic E-state index is 9.94. The third kappa shape index (κ3) is 2.09. The molecule has 0 spiro atoms. The van der Waals surface area contributed by atoms with Gasteiger partial charge in [-0.2, -0.15) is 4.98 Å². The maximum absolute atomic E-state index is 9.94. The molecule has 11 heavy (non-hydrogen) atoms. The van der Waals surface area contributed by atoms with Crippen LogP contribution < -0.4 is 10.5 Å². The molecule has 0 aliphatic carbocycles. The van der Waals surface area contributed by atoms with E-state index in [2.05, 4.69) is 14.7 Å². The van der Waals surface area contributed by atoms with Crippen LogP contribution in [-0.4, -0.2) is 21.2 Å². The summed E-state index contributed by atoms with van der Waals surface area (Å²) in [6, 6.07) is 1.16. The Morgan fingerprint density at radius 2 is 2.45 bits per heavy atom. The van der Waals surface area contributed by atoms with Crippen LogP contribution in [0.15, 0.2) is 12.3 Å². The Hall–Kier alpha value is -1.85. The first-order valence-electron chi connectivity index (χ1n) is 2.68. The molecule has 0 bridgehead atoms. The number of nitrogens with two attached hydrogens (primary N) is 1. The molecule has 0 radical (unpaired) electrons. The van der Waals surface area contributed by atoms with Gasteiger partial charge in [0.05, 0.1) is 0 Å². The number of carboxylic acid groups (broad SMARTS) is 1. The number of rotatable bonds is 1. The normalized spacial score (nSPS) is 9.09. The monoisotopic (exact) mass is 155 g/mol. The summed E-state index contributed by atoms with van der Waals surface area (Å²) in [6.07, 6.45) is -0.156. The van der Waals surface area contributed by atoms with Gasteiger partial charge in [0.25, 0.3) is 0 Å². The average molecular weight is 155 g/mol. The molecule has 0 aliphatic heterocycles. The van der Waals surface area contributed by atoms with Crippen molar-refractivity contribution in [3.05, 3.63) is 12.3 Å². The minimum atomic E-state index is -1.46. The lowest BCUT2D eigenvalue weighted by molar-refractivity contribution is 0.140. The molecule has 0 unspecified atom stereocenters. The van der Waals surface area contributed by atoms with Gasteiger partial charge in [-0.3, -0.25) is 0 Å². The van der Waals surface area contributed by atoms with Crippen LogP contribution in [0.1, 0.15) is 0 Å². The third-order valence-corrected chi connectivity index (χ3v) is 0.834. The molecule has 0 aliphatic rings. The Bertz CT molecular complexity index is 275. The molecule has 3 N–H and O–H groups in total. The molecule has 0 atom stereocenters. The maximum Gasteiger partial charge on any atom is 0.513 e. The highest BCUT2D eigenvalue weighted by Crippen LogP contribution is 2.03. The fourth-order valence-corrected chi connectivity index (χ4v) is 0.481. The number of anilines is 1. The highest BCUT2D eigenvalue weighted by molar-refractivity contribution is 5.59. The summed E-state index contributed by atoms with van der Waals surface area (Å²) in [5.74, 6) is 0.163. The second kappa shape index (κ2) is 2.82. The number of hydrogen-bond donors (Lipinski definition) is 2. The van der Waals surface area contributed by atoms with Crippen molar-refractivity contribution in [1.29, 1.82) is 0 Å². The molecule has 1 aromatic rings. The SMILES string of the molecule is Nc1ccnc(OC(=O)O)n1. The summed E-state index contributed by atoms with van der Waals surface area (Å²) in [5, 5.41) is 8.11. The molecule has 6 heteroatoms. The Balaban J connectivity index is 2.79. The number of carbonyl (C=O) groups is 1. The molecular formula is C5H5N3O3. The largest absolute Gasteiger partial charge is 0.513 e. The van der Waals surface area contributed by atoms with E-state index in [1.807, 2.05) is 0 Å². The first-order chi connectivity index (χ1) is 5.18. The minimum absolute atomic E-state index is 0.163. The summed E-state index contributed by atoms with van der Waals surface area (Å²) >= 11 is 0. The van der Waals surface area contributed by atoms with Gasteiger partial charge in [0, 0.05) is 6.20 Å². The van der Waals surface area contributed by atoms with E-state index in [4.69, 9.17) is 10.8 Å². The van der Waals surface area contributed by atoms with Gasteiger partial charge >= 0.3 is 12.2 Å². The average Bonchev–Trinajstić information content (AvgIpc) is 1.85. The van der Waals surface area contributed by atoms with Crippen molar-refractivity contribution in [2.24, 2.45) is 0 Å². The van der Waals surface area contributed by atoms with E-state index < -0.39 is 6.16 Å². The first-order valence-corrected chi connectivity index (χ1v) is 2.68. The van der Waals surface area contributed by atoms with Gasteiger partial charge in [-0.05, 0) is 6.07 Å². The van der Waals surface area contributed by atoms with Crippen molar-refractivity contribution < 1.29 is 14.6 Å². The van der Waals surface area contributed by atoms with Crippen LogP contribution in [0, 0.1) is 0 Å². The zero-order valence-corrected chi connectivity index (χ0v) is 5.39. The second-order valence-electron chi connectivity index (χ2n) is 1.63. The van der Waals surface area contributed by atoms with Gasteiger partial charge < -0.3 is 15.6 Å². The molecule has 58 valence electrons. The van der Waals surface area contributed by atoms with Crippen LogP contribution >= 0.6 is 0 Å². The summed E-state index contributed by atoms with van der Waals surface area (Å²) in [6.45, 7) is 0. The Kier molecular flexibility index (Phi) is 1.86. The Labute approximate surface area is 61.6 Å². The molecule has 0 fully saturated rings. The molecule has 0 aromatic carbocycles. The number of hydrogen-bond acceptors (Lipinski definition) is 5. The highest BCUT2D eigenvalue weighted by atomic mass is 16.7. The molecule has 0 saturated carbocycles. The third-order valence-electron chi connectivity index (χ3n) is 0.834. The lowest BCUT2D eigenvalue weighted by atomic mass is 10.6. The standard InChI is InChI=1S/C5H5N3O3/c6-3-1-2-7-4(8-3)11-5(9)10/h1-2H,(H,9,10)(H2,6,7,8). The smallest absolute Gasteiger partial charge is 0.449 e. The van der Waals surface area contributed by atoms with Crippen LogP contribution in [0.3, 0.4) is 0 Å². The molecule has 0 amide bonds. The second-order valence-corrected chi connectivity index (χ2v) is 1.63. The van der Waals surface area contributed by atoms with Gasteiger partial charge in [0.2, 0.25) is 0 Å². The van der Waals surface area contributed by atoms with E-state index in [-0.39, 0.29) is 11.8 Å². The first kappa shape index (κ1) is 7.26. The fourth-order valence-electron chi connectivity index (χ4n) is 0.481. The molecule has 1 rings (SSSR count). The molecule has 6 nitrogen and oxygen atoms in total. The van der Waals surface area contributed by atoms with Crippen molar-refractivity contribution in [3.63, 3.8) is 0 Å². The van der Waals surface area contributed by atoms with E-state index in [9.17, 15) is 4.79 Å². The summed E-state index contributed by atoms with van der Waals surface area (Å²) in [7, 11) is 0. The summed E-state index contributed by atoms with van der Waals surface area (Å²) in [5.41, 5.74) is 5.21. The summed E-state index contributed by atoms with van der Waals surface area (Å²) < 4.78 is 4.11. The number of nitrogen functional groups attached to an aromatic ring is 1. The Morgan fingerprint density at radius 1 is 1.73 bits per heavy atom. The quantitative estimate of drug-likeness (QED) is 0.558. The zero-order chi connectivity index (χ0) is 8.27. The van der Waals surface area contributed by atoms with Gasteiger partial charge in [-0.25, -0.2) is 9.78 Å². The van der Waals surface area contributed by atoms with Crippen LogP contribution in [0.2, 0.25) is 0 Å². The fraction of sp³-hybridized carbons (Fsp3) is 0. The molecule has 1 aromatic heterocycles. The number of aromatic nitrogens is 2. The van der Waals surface area contributed by atoms with Crippen molar-refractivity contribution in [1.82, 2.24) is 9.97 Å². The molecule has 1 heterocycles. The predicted octanol–water partition coefficient (Wildman–Crippen LogP) is 0.116. The Morgan fingerprint density at radius 3 is 3.00 bits per heavy atom. The van der Waals surface area contributed by atoms with E-state index in [1.54, 1.807) is 0 Å². The van der Waals surface area contributed by atoms with Crippen LogP contribution in [-0.2, 0) is 0 Å². The topological polar surface area (TPSA) is 98.3 Å². The van der Waals surface area contributed by atoms with E-state index in [0.717, 1.165) is 0 Å². The van der Waals surface area contributed by atoms with Gasteiger partial charge in [-0.1, -0.05) is 0 Å². The van der Waals surface area contributed by atoms with Crippen molar-refractivity contribution >= 4 is 12.0 Å². The predicted molar refractivity (Wildman–Crippen MR) is 35.1 cm³/mol. The molecule has 0 saturated heterocycles. The van der Waals surface area contributed by atoms with Crippen molar-refractivity contribution in [2.45, 2.75) is 0 Å². The minimum Gasteiger partial charge on any atom is -0.449 e. The van der Waals surface area contributed by atoms with Crippen molar-refractivity contribution in [2.75, 3.05) is 5.73 Å². The lowest BCUT2D eigenvalue weighted by Crippen LogP contribution is -2.06. The van der Waals surface area contributed by atoms with Gasteiger partial charge in [-0.15, -0.1) is 0 Å². The lowest BCUT2D eigenvalue weighted by Gasteiger charge is -1.95. The van der Waals surface area contributed by atoms with Gasteiger partial charge in [0.1, 0.15) is 5.82 Å². The van der Waals surface area contributed by atoms with E-state index >= 15 is 0 Å². The van der Waals surface area contributed by atoms with Crippen LogP contribution in [0.4, 0.5) is 10.6 Å². The highest BCUT2D eigenvalue weighted by Gasteiger charge is 2.02. The number of ether oxygens (including phenoxy) is 1. The van der Waals surface area contributed by atoms with E-state index in [1.165, 1.54) is 12.3 Å². The zero-order valence-electron chi connectivity index (χ0n) is 5.39. The van der Waals surface area contributed by atoms with Crippen LogP contribution in [0.25, 0.3) is 0 Å².